The summed E-state index contributed by atoms with van der Waals surface area (Å²) in [5.41, 5.74) is 5.43. The second kappa shape index (κ2) is 8.17. The first-order valence-electron chi connectivity index (χ1n) is 7.33. The molecule has 0 amide bonds. The quantitative estimate of drug-likeness (QED) is 0.768. The highest BCUT2D eigenvalue weighted by Gasteiger charge is 2.30. The zero-order valence-electron chi connectivity index (χ0n) is 12.6. The molecule has 0 unspecified atom stereocenters. The molecule has 0 aliphatic carbocycles. The molecule has 6 heteroatoms. The first-order valence-corrected chi connectivity index (χ1v) is 7.33. The van der Waals surface area contributed by atoms with E-state index in [0.29, 0.717) is 18.4 Å². The summed E-state index contributed by atoms with van der Waals surface area (Å²) in [7, 11) is 0. The number of hydrogen-bond acceptors (Lipinski definition) is 2. The Morgan fingerprint density at radius 1 is 1.36 bits per heavy atom. The molecule has 0 spiro atoms. The van der Waals surface area contributed by atoms with E-state index in [2.05, 4.69) is 0 Å². The summed E-state index contributed by atoms with van der Waals surface area (Å²) in [5, 5.41) is 8.95. The van der Waals surface area contributed by atoms with Gasteiger partial charge in [-0.15, -0.1) is 0 Å². The lowest BCUT2D eigenvalue weighted by atomic mass is 9.91. The van der Waals surface area contributed by atoms with Crippen molar-refractivity contribution in [2.75, 3.05) is 6.54 Å². The third-order valence-electron chi connectivity index (χ3n) is 3.74. The zero-order chi connectivity index (χ0) is 16.8. The Morgan fingerprint density at radius 2 is 2.05 bits per heavy atom. The second-order valence-corrected chi connectivity index (χ2v) is 5.70. The Kier molecular flexibility index (Phi) is 6.87. The molecule has 3 N–H and O–H groups in total. The van der Waals surface area contributed by atoms with Gasteiger partial charge < -0.3 is 10.8 Å². The van der Waals surface area contributed by atoms with Crippen LogP contribution in [0.15, 0.2) is 24.3 Å². The van der Waals surface area contributed by atoms with Crippen LogP contribution in [0.1, 0.15) is 37.3 Å². The van der Waals surface area contributed by atoms with Crippen molar-refractivity contribution < 1.29 is 23.1 Å². The van der Waals surface area contributed by atoms with E-state index >= 15 is 0 Å². The fourth-order valence-electron chi connectivity index (χ4n) is 2.46. The van der Waals surface area contributed by atoms with Gasteiger partial charge in [0.05, 0.1) is 11.5 Å². The summed E-state index contributed by atoms with van der Waals surface area (Å²) in [4.78, 5) is 10.9. The van der Waals surface area contributed by atoms with Gasteiger partial charge in [0, 0.05) is 6.54 Å². The Morgan fingerprint density at radius 3 is 2.59 bits per heavy atom. The fraction of sp³-hybridized carbons (Fsp3) is 0.562. The molecule has 0 aliphatic heterocycles. The standard InChI is InChI=1S/C16H22F3NO2/c1-11(8-13(10-20)15(21)22)4-2-5-12-6-3-7-14(9-12)16(17,18)19/h3,6-7,9,11,13H,2,4-5,8,10,20H2,1H3,(H,21,22)/t11-,13-/m1/s1. The van der Waals surface area contributed by atoms with Gasteiger partial charge in [0.15, 0.2) is 0 Å². The van der Waals surface area contributed by atoms with Crippen molar-refractivity contribution in [2.24, 2.45) is 17.6 Å². The van der Waals surface area contributed by atoms with E-state index in [9.17, 15) is 18.0 Å². The number of aliphatic carboxylic acids is 1. The molecule has 3 nitrogen and oxygen atoms in total. The predicted molar refractivity (Wildman–Crippen MR) is 78.3 cm³/mol. The van der Waals surface area contributed by atoms with Crippen LogP contribution in [-0.4, -0.2) is 17.6 Å². The average Bonchev–Trinajstić information content (AvgIpc) is 2.44. The van der Waals surface area contributed by atoms with Gasteiger partial charge >= 0.3 is 12.1 Å². The van der Waals surface area contributed by atoms with E-state index in [0.717, 1.165) is 18.9 Å². The lowest BCUT2D eigenvalue weighted by Crippen LogP contribution is -2.25. The van der Waals surface area contributed by atoms with E-state index in [4.69, 9.17) is 10.8 Å². The molecule has 0 aliphatic rings. The number of hydrogen-bond donors (Lipinski definition) is 2. The van der Waals surface area contributed by atoms with E-state index in [-0.39, 0.29) is 12.5 Å². The molecule has 0 aromatic heterocycles. The summed E-state index contributed by atoms with van der Waals surface area (Å²) >= 11 is 0. The highest BCUT2D eigenvalue weighted by atomic mass is 19.4. The molecule has 0 bridgehead atoms. The molecule has 1 aromatic rings. The normalized spacial score (nSPS) is 14.6. The maximum absolute atomic E-state index is 12.6. The topological polar surface area (TPSA) is 63.3 Å². The SMILES string of the molecule is C[C@H](CCCc1cccc(C(F)(F)F)c1)C[C@H](CN)C(=O)O. The molecule has 0 saturated carbocycles. The molecule has 1 rings (SSSR count). The van der Waals surface area contributed by atoms with E-state index in [1.807, 2.05) is 6.92 Å². The third-order valence-corrected chi connectivity index (χ3v) is 3.74. The number of carboxylic acids is 1. The fourth-order valence-corrected chi connectivity index (χ4v) is 2.46. The molecule has 22 heavy (non-hydrogen) atoms. The van der Waals surface area contributed by atoms with Gasteiger partial charge in [0.2, 0.25) is 0 Å². The lowest BCUT2D eigenvalue weighted by molar-refractivity contribution is -0.142. The highest BCUT2D eigenvalue weighted by molar-refractivity contribution is 5.70. The number of alkyl halides is 3. The van der Waals surface area contributed by atoms with Crippen LogP contribution in [0.3, 0.4) is 0 Å². The maximum atomic E-state index is 12.6. The average molecular weight is 317 g/mol. The van der Waals surface area contributed by atoms with Crippen LogP contribution in [0, 0.1) is 11.8 Å². The van der Waals surface area contributed by atoms with Crippen molar-refractivity contribution in [1.82, 2.24) is 0 Å². The molecular formula is C16H22F3NO2. The van der Waals surface area contributed by atoms with Gasteiger partial charge in [-0.05, 0) is 36.8 Å². The first kappa shape index (κ1) is 18.5. The Bertz CT molecular complexity index is 489. The van der Waals surface area contributed by atoms with Crippen molar-refractivity contribution >= 4 is 5.97 Å². The maximum Gasteiger partial charge on any atom is 0.416 e. The van der Waals surface area contributed by atoms with E-state index in [1.165, 1.54) is 12.1 Å². The van der Waals surface area contributed by atoms with Crippen molar-refractivity contribution in [3.63, 3.8) is 0 Å². The molecule has 1 aromatic carbocycles. The van der Waals surface area contributed by atoms with Crippen molar-refractivity contribution in [2.45, 2.75) is 38.8 Å². The molecule has 124 valence electrons. The minimum absolute atomic E-state index is 0.104. The predicted octanol–water partition coefficient (Wildman–Crippen LogP) is 3.71. The van der Waals surface area contributed by atoms with Crippen molar-refractivity contribution in [3.05, 3.63) is 35.4 Å². The second-order valence-electron chi connectivity index (χ2n) is 5.70. The van der Waals surface area contributed by atoms with Crippen LogP contribution >= 0.6 is 0 Å². The van der Waals surface area contributed by atoms with Gasteiger partial charge in [-0.25, -0.2) is 0 Å². The Balaban J connectivity index is 2.46. The number of carbonyl (C=O) groups is 1. The van der Waals surface area contributed by atoms with Gasteiger partial charge in [-0.3, -0.25) is 4.79 Å². The molecule has 2 atom stereocenters. The first-order chi connectivity index (χ1) is 10.2. The van der Waals surface area contributed by atoms with Gasteiger partial charge in [-0.2, -0.15) is 13.2 Å². The van der Waals surface area contributed by atoms with E-state index < -0.39 is 23.6 Å². The van der Waals surface area contributed by atoms with Crippen molar-refractivity contribution in [1.29, 1.82) is 0 Å². The number of benzene rings is 1. The smallest absolute Gasteiger partial charge is 0.416 e. The molecule has 0 fully saturated rings. The molecule has 0 saturated heterocycles. The van der Waals surface area contributed by atoms with Crippen LogP contribution in [0.25, 0.3) is 0 Å². The zero-order valence-corrected chi connectivity index (χ0v) is 12.6. The summed E-state index contributed by atoms with van der Waals surface area (Å²) in [6.07, 6.45) is -1.79. The Hall–Kier alpha value is -1.56. The number of carboxylic acid groups (broad SMARTS) is 1. The summed E-state index contributed by atoms with van der Waals surface area (Å²) < 4.78 is 37.8. The van der Waals surface area contributed by atoms with Crippen LogP contribution in [0.4, 0.5) is 13.2 Å². The van der Waals surface area contributed by atoms with Crippen LogP contribution in [0.2, 0.25) is 0 Å². The molecule has 0 heterocycles. The number of aryl methyl sites for hydroxylation is 1. The lowest BCUT2D eigenvalue weighted by Gasteiger charge is -2.16. The summed E-state index contributed by atoms with van der Waals surface area (Å²) in [6, 6.07) is 5.33. The third kappa shape index (κ3) is 6.05. The number of nitrogens with two attached hydrogens (primary N) is 1. The summed E-state index contributed by atoms with van der Waals surface area (Å²) in [5.74, 6) is -1.27. The summed E-state index contributed by atoms with van der Waals surface area (Å²) in [6.45, 7) is 2.05. The van der Waals surface area contributed by atoms with Crippen molar-refractivity contribution in [3.8, 4) is 0 Å². The van der Waals surface area contributed by atoms with Crippen LogP contribution in [-0.2, 0) is 17.4 Å². The minimum atomic E-state index is -4.32. The van der Waals surface area contributed by atoms with Gasteiger partial charge in [0.1, 0.15) is 0 Å². The molecular weight excluding hydrogens is 295 g/mol. The molecule has 0 radical (unpaired) electrons. The Labute approximate surface area is 128 Å². The van der Waals surface area contributed by atoms with E-state index in [1.54, 1.807) is 6.07 Å². The number of halogens is 3. The monoisotopic (exact) mass is 317 g/mol. The number of rotatable bonds is 8. The van der Waals surface area contributed by atoms with Crippen LogP contribution < -0.4 is 5.73 Å². The van der Waals surface area contributed by atoms with Crippen LogP contribution in [0.5, 0.6) is 0 Å². The minimum Gasteiger partial charge on any atom is -0.481 e. The largest absolute Gasteiger partial charge is 0.481 e. The van der Waals surface area contributed by atoms with Gasteiger partial charge in [0.25, 0.3) is 0 Å². The van der Waals surface area contributed by atoms with Gasteiger partial charge in [-0.1, -0.05) is 31.5 Å². The highest BCUT2D eigenvalue weighted by Crippen LogP contribution is 2.30.